The lowest BCUT2D eigenvalue weighted by Gasteiger charge is -2.10. The van der Waals surface area contributed by atoms with Gasteiger partial charge in [-0.25, -0.2) is 18.6 Å². The zero-order valence-corrected chi connectivity index (χ0v) is 14.5. The van der Waals surface area contributed by atoms with E-state index in [0.29, 0.717) is 17.9 Å². The van der Waals surface area contributed by atoms with E-state index in [1.54, 1.807) is 12.1 Å². The molecule has 1 aromatic carbocycles. The van der Waals surface area contributed by atoms with E-state index in [2.05, 4.69) is 20.3 Å². The van der Waals surface area contributed by atoms with E-state index in [-0.39, 0.29) is 17.0 Å². The summed E-state index contributed by atoms with van der Waals surface area (Å²) >= 11 is 0. The van der Waals surface area contributed by atoms with Gasteiger partial charge in [-0.1, -0.05) is 0 Å². The summed E-state index contributed by atoms with van der Waals surface area (Å²) in [5.74, 6) is -1.61. The number of benzene rings is 1. The molecular weight excluding hydrogens is 354 g/mol. The summed E-state index contributed by atoms with van der Waals surface area (Å²) in [4.78, 5) is 24.8. The Labute approximate surface area is 153 Å². The first kappa shape index (κ1) is 17.3. The minimum Gasteiger partial charge on any atom is -0.465 e. The SMILES string of the molecule is COC(=O)c1ccc(CNc2cnc3cc(F)c(F)cc3n2)nc1C1CC1. The Morgan fingerprint density at radius 2 is 1.93 bits per heavy atom. The van der Waals surface area contributed by atoms with Gasteiger partial charge in [0.1, 0.15) is 5.82 Å². The van der Waals surface area contributed by atoms with Crippen LogP contribution in [0.15, 0.2) is 30.5 Å². The topological polar surface area (TPSA) is 77.0 Å². The average Bonchev–Trinajstić information content (AvgIpc) is 3.51. The number of ether oxygens (including phenoxy) is 1. The van der Waals surface area contributed by atoms with Crippen molar-refractivity contribution in [1.29, 1.82) is 0 Å². The molecule has 0 bridgehead atoms. The third kappa shape index (κ3) is 3.55. The smallest absolute Gasteiger partial charge is 0.339 e. The highest BCUT2D eigenvalue weighted by atomic mass is 19.2. The largest absolute Gasteiger partial charge is 0.465 e. The normalized spacial score (nSPS) is 13.6. The Hall–Kier alpha value is -3.16. The van der Waals surface area contributed by atoms with Crippen LogP contribution in [0.3, 0.4) is 0 Å². The van der Waals surface area contributed by atoms with Crippen LogP contribution >= 0.6 is 0 Å². The molecule has 1 fully saturated rings. The summed E-state index contributed by atoms with van der Waals surface area (Å²) in [7, 11) is 1.35. The molecule has 0 radical (unpaired) electrons. The van der Waals surface area contributed by atoms with Crippen molar-refractivity contribution in [2.75, 3.05) is 12.4 Å². The fourth-order valence-corrected chi connectivity index (χ4v) is 2.84. The number of rotatable bonds is 5. The number of carbonyl (C=O) groups excluding carboxylic acids is 1. The zero-order valence-electron chi connectivity index (χ0n) is 14.5. The van der Waals surface area contributed by atoms with Crippen molar-refractivity contribution in [2.24, 2.45) is 0 Å². The predicted molar refractivity (Wildman–Crippen MR) is 94.3 cm³/mol. The van der Waals surface area contributed by atoms with Gasteiger partial charge in [0.05, 0.1) is 47.8 Å². The number of anilines is 1. The molecule has 6 nitrogen and oxygen atoms in total. The molecule has 1 aliphatic rings. The third-order valence-corrected chi connectivity index (χ3v) is 4.39. The van der Waals surface area contributed by atoms with Gasteiger partial charge in [0, 0.05) is 18.1 Å². The van der Waals surface area contributed by atoms with E-state index in [9.17, 15) is 13.6 Å². The quantitative estimate of drug-likeness (QED) is 0.692. The molecule has 3 aromatic rings. The fourth-order valence-electron chi connectivity index (χ4n) is 2.84. The number of nitrogens with one attached hydrogen (secondary N) is 1. The van der Waals surface area contributed by atoms with Crippen molar-refractivity contribution < 1.29 is 18.3 Å². The maximum atomic E-state index is 13.4. The van der Waals surface area contributed by atoms with Crippen LogP contribution in [0.4, 0.5) is 14.6 Å². The second-order valence-corrected chi connectivity index (χ2v) is 6.37. The standard InChI is InChI=1S/C19H16F2N4O2/c1-27-19(26)12-5-4-11(24-18(12)10-2-3-10)8-23-17-9-22-15-6-13(20)14(21)7-16(15)25-17/h4-7,9-10H,2-3,8H2,1H3,(H,23,25). The second-order valence-electron chi connectivity index (χ2n) is 6.37. The molecule has 0 unspecified atom stereocenters. The van der Waals surface area contributed by atoms with Gasteiger partial charge < -0.3 is 10.1 Å². The number of halogens is 2. The molecule has 0 amide bonds. The van der Waals surface area contributed by atoms with Crippen LogP contribution in [0.2, 0.25) is 0 Å². The maximum absolute atomic E-state index is 13.4. The van der Waals surface area contributed by atoms with Gasteiger partial charge in [-0.2, -0.15) is 0 Å². The van der Waals surface area contributed by atoms with Crippen molar-refractivity contribution >= 4 is 22.8 Å². The summed E-state index contributed by atoms with van der Waals surface area (Å²) in [6, 6.07) is 5.48. The van der Waals surface area contributed by atoms with Gasteiger partial charge in [0.15, 0.2) is 11.6 Å². The van der Waals surface area contributed by atoms with E-state index in [4.69, 9.17) is 4.74 Å². The van der Waals surface area contributed by atoms with Gasteiger partial charge in [0.2, 0.25) is 0 Å². The van der Waals surface area contributed by atoms with Crippen molar-refractivity contribution in [3.63, 3.8) is 0 Å². The molecule has 8 heteroatoms. The average molecular weight is 370 g/mol. The number of esters is 1. The molecule has 4 rings (SSSR count). The van der Waals surface area contributed by atoms with Crippen molar-refractivity contribution in [3.8, 4) is 0 Å². The number of nitrogens with zero attached hydrogens (tertiary/aromatic N) is 3. The Balaban J connectivity index is 1.54. The number of hydrogen-bond acceptors (Lipinski definition) is 6. The highest BCUT2D eigenvalue weighted by Gasteiger charge is 2.30. The van der Waals surface area contributed by atoms with Crippen molar-refractivity contribution in [1.82, 2.24) is 15.0 Å². The summed E-state index contributed by atoms with van der Waals surface area (Å²) in [6.45, 7) is 0.352. The number of fused-ring (bicyclic) bond motifs is 1. The minimum absolute atomic E-state index is 0.256. The van der Waals surface area contributed by atoms with Gasteiger partial charge in [-0.3, -0.25) is 9.97 Å². The first-order valence-corrected chi connectivity index (χ1v) is 8.49. The fraction of sp³-hybridized carbons (Fsp3) is 0.263. The molecule has 0 atom stereocenters. The molecule has 0 spiro atoms. The molecule has 138 valence electrons. The minimum atomic E-state index is -0.969. The summed E-state index contributed by atoms with van der Waals surface area (Å²) in [5, 5.41) is 3.07. The lowest BCUT2D eigenvalue weighted by Crippen LogP contribution is -2.10. The van der Waals surface area contributed by atoms with Crippen LogP contribution < -0.4 is 5.32 Å². The van der Waals surface area contributed by atoms with Gasteiger partial charge in [-0.15, -0.1) is 0 Å². The molecular formula is C19H16F2N4O2. The number of hydrogen-bond donors (Lipinski definition) is 1. The predicted octanol–water partition coefficient (Wildman–Crippen LogP) is 3.58. The number of pyridine rings is 1. The maximum Gasteiger partial charge on any atom is 0.339 e. The Morgan fingerprint density at radius 1 is 1.19 bits per heavy atom. The molecule has 1 N–H and O–H groups in total. The monoisotopic (exact) mass is 370 g/mol. The summed E-state index contributed by atoms with van der Waals surface area (Å²) in [5.41, 5.74) is 2.51. The lowest BCUT2D eigenvalue weighted by molar-refractivity contribution is 0.0598. The highest BCUT2D eigenvalue weighted by molar-refractivity contribution is 5.90. The van der Waals surface area contributed by atoms with Crippen LogP contribution in [0.1, 0.15) is 40.5 Å². The molecule has 2 heterocycles. The second kappa shape index (κ2) is 6.86. The molecule has 0 saturated heterocycles. The van der Waals surface area contributed by atoms with Gasteiger partial charge >= 0.3 is 5.97 Å². The highest BCUT2D eigenvalue weighted by Crippen LogP contribution is 2.40. The molecule has 0 aliphatic heterocycles. The van der Waals surface area contributed by atoms with Gasteiger partial charge in [-0.05, 0) is 25.0 Å². The zero-order chi connectivity index (χ0) is 19.0. The molecule has 27 heavy (non-hydrogen) atoms. The van der Waals surface area contributed by atoms with Crippen molar-refractivity contribution in [3.05, 3.63) is 59.0 Å². The molecule has 1 aliphatic carbocycles. The van der Waals surface area contributed by atoms with E-state index >= 15 is 0 Å². The Kier molecular flexibility index (Phi) is 4.39. The van der Waals surface area contributed by atoms with Crippen LogP contribution in [0.25, 0.3) is 11.0 Å². The molecule has 1 saturated carbocycles. The van der Waals surface area contributed by atoms with E-state index < -0.39 is 17.6 Å². The van der Waals surface area contributed by atoms with Crippen LogP contribution in [0, 0.1) is 11.6 Å². The number of aromatic nitrogens is 3. The first-order valence-electron chi connectivity index (χ1n) is 8.49. The molecule has 2 aromatic heterocycles. The van der Waals surface area contributed by atoms with Crippen LogP contribution in [-0.4, -0.2) is 28.0 Å². The van der Waals surface area contributed by atoms with Crippen LogP contribution in [0.5, 0.6) is 0 Å². The van der Waals surface area contributed by atoms with Crippen LogP contribution in [-0.2, 0) is 11.3 Å². The van der Waals surface area contributed by atoms with Crippen molar-refractivity contribution in [2.45, 2.75) is 25.3 Å². The summed E-state index contributed by atoms with van der Waals surface area (Å²) < 4.78 is 31.4. The lowest BCUT2D eigenvalue weighted by atomic mass is 10.1. The first-order chi connectivity index (χ1) is 13.0. The Bertz CT molecular complexity index is 1040. The van der Waals surface area contributed by atoms with Gasteiger partial charge in [0.25, 0.3) is 0 Å². The van der Waals surface area contributed by atoms with E-state index in [1.807, 2.05) is 0 Å². The Morgan fingerprint density at radius 3 is 2.63 bits per heavy atom. The number of carbonyl (C=O) groups is 1. The van der Waals surface area contributed by atoms with E-state index in [0.717, 1.165) is 36.4 Å². The summed E-state index contributed by atoms with van der Waals surface area (Å²) in [6.07, 6.45) is 3.46. The van der Waals surface area contributed by atoms with E-state index in [1.165, 1.54) is 13.3 Å². The number of methoxy groups -OCH3 is 1. The third-order valence-electron chi connectivity index (χ3n) is 4.39.